The predicted octanol–water partition coefficient (Wildman–Crippen LogP) is 12.1. The molecule has 0 heterocycles. The second-order valence-corrected chi connectivity index (χ2v) is 17.3. The Kier molecular flexibility index (Phi) is 36.4. The van der Waals surface area contributed by atoms with Crippen molar-refractivity contribution in [3.05, 3.63) is 12.2 Å². The molecule has 3 atom stereocenters. The first-order valence-corrected chi connectivity index (χ1v) is 23.1. The van der Waals surface area contributed by atoms with E-state index in [1.54, 1.807) is 0 Å². The largest absolute Gasteiger partial charge is 0.472 e. The van der Waals surface area contributed by atoms with E-state index in [2.05, 4.69) is 26.0 Å². The first-order chi connectivity index (χ1) is 24.6. The molecule has 0 amide bonds. The molecule has 0 saturated heterocycles. The molecule has 0 aliphatic rings. The van der Waals surface area contributed by atoms with E-state index < -0.39 is 20.2 Å². The number of nitrogens with zero attached hydrogens (tertiary/aromatic N) is 1. The van der Waals surface area contributed by atoms with E-state index in [0.29, 0.717) is 24.1 Å². The number of phosphoric acid groups is 1. The maximum atomic E-state index is 12.5. The number of likely N-dealkylation sites (N-methyl/N-ethyl adjacent to an activating group) is 1. The van der Waals surface area contributed by atoms with Crippen molar-refractivity contribution in [2.45, 2.75) is 206 Å². The van der Waals surface area contributed by atoms with Gasteiger partial charge >= 0.3 is 7.82 Å². The van der Waals surface area contributed by atoms with Crippen LogP contribution in [0.1, 0.15) is 194 Å². The van der Waals surface area contributed by atoms with Crippen LogP contribution in [-0.4, -0.2) is 81.0 Å². The van der Waals surface area contributed by atoms with Crippen LogP contribution in [0.3, 0.4) is 0 Å². The van der Waals surface area contributed by atoms with E-state index in [9.17, 15) is 14.6 Å². The van der Waals surface area contributed by atoms with Crippen LogP contribution in [0.4, 0.5) is 0 Å². The molecular formula is C42H87NO7P+. The highest BCUT2D eigenvalue weighted by atomic mass is 31.2. The van der Waals surface area contributed by atoms with E-state index >= 15 is 0 Å². The number of ether oxygens (including phenoxy) is 2. The molecular weight excluding hydrogens is 661 g/mol. The highest BCUT2D eigenvalue weighted by molar-refractivity contribution is 7.47. The highest BCUT2D eigenvalue weighted by Crippen LogP contribution is 2.43. The zero-order valence-corrected chi connectivity index (χ0v) is 35.4. The van der Waals surface area contributed by atoms with Crippen LogP contribution in [0, 0.1) is 0 Å². The number of quaternary nitrogens is 1. The Morgan fingerprint density at radius 2 is 0.980 bits per heavy atom. The summed E-state index contributed by atoms with van der Waals surface area (Å²) in [5, 5.41) is 10.5. The van der Waals surface area contributed by atoms with Crippen LogP contribution in [0.2, 0.25) is 0 Å². The van der Waals surface area contributed by atoms with Gasteiger partial charge < -0.3 is 24.0 Å². The lowest BCUT2D eigenvalue weighted by molar-refractivity contribution is -0.870. The van der Waals surface area contributed by atoms with E-state index in [0.717, 1.165) is 25.7 Å². The Morgan fingerprint density at radius 3 is 1.45 bits per heavy atom. The second kappa shape index (κ2) is 36.7. The SMILES string of the molecule is CCCCCCCCC=CCCCCCCCCO[C@H](COC(O)CCCCCCCCCCCCCCC)COP(=O)(O)OCC[N+](C)(C)C. The van der Waals surface area contributed by atoms with Crippen LogP contribution in [-0.2, 0) is 23.1 Å². The molecule has 0 fully saturated rings. The summed E-state index contributed by atoms with van der Waals surface area (Å²) < 4.78 is 35.3. The van der Waals surface area contributed by atoms with E-state index in [1.807, 2.05) is 21.1 Å². The summed E-state index contributed by atoms with van der Waals surface area (Å²) in [5.74, 6) is 0. The number of unbranched alkanes of at least 4 members (excludes halogenated alkanes) is 24. The summed E-state index contributed by atoms with van der Waals surface area (Å²) in [4.78, 5) is 10.2. The van der Waals surface area contributed by atoms with Gasteiger partial charge in [0.25, 0.3) is 0 Å². The molecule has 9 heteroatoms. The number of rotatable bonds is 41. The lowest BCUT2D eigenvalue weighted by Gasteiger charge is -2.24. The van der Waals surface area contributed by atoms with Gasteiger partial charge in [0, 0.05) is 6.61 Å². The van der Waals surface area contributed by atoms with Gasteiger partial charge in [-0.1, -0.05) is 161 Å². The monoisotopic (exact) mass is 749 g/mol. The summed E-state index contributed by atoms with van der Waals surface area (Å²) in [6.45, 7) is 5.72. The third-order valence-electron chi connectivity index (χ3n) is 9.48. The highest BCUT2D eigenvalue weighted by Gasteiger charge is 2.25. The molecule has 51 heavy (non-hydrogen) atoms. The minimum Gasteiger partial charge on any atom is -0.373 e. The van der Waals surface area contributed by atoms with Crippen LogP contribution in [0.25, 0.3) is 0 Å². The normalized spacial score (nSPS) is 14.7. The quantitative estimate of drug-likeness (QED) is 0.0211. The minimum atomic E-state index is -4.21. The number of hydrogen-bond acceptors (Lipinski definition) is 6. The Bertz CT molecular complexity index is 792. The van der Waals surface area contributed by atoms with Crippen molar-refractivity contribution in [2.75, 3.05) is 54.1 Å². The van der Waals surface area contributed by atoms with Crippen LogP contribution < -0.4 is 0 Å². The fourth-order valence-electron chi connectivity index (χ4n) is 6.03. The summed E-state index contributed by atoms with van der Waals surface area (Å²) >= 11 is 0. The fourth-order valence-corrected chi connectivity index (χ4v) is 6.77. The number of aliphatic hydroxyl groups excluding tert-OH is 1. The van der Waals surface area contributed by atoms with Crippen LogP contribution >= 0.6 is 7.82 Å². The lowest BCUT2D eigenvalue weighted by atomic mass is 10.0. The van der Waals surface area contributed by atoms with Gasteiger partial charge in [-0.3, -0.25) is 9.05 Å². The van der Waals surface area contributed by atoms with Gasteiger partial charge in [-0.15, -0.1) is 0 Å². The van der Waals surface area contributed by atoms with Gasteiger partial charge in [-0.25, -0.2) is 4.57 Å². The second-order valence-electron chi connectivity index (χ2n) is 15.9. The van der Waals surface area contributed by atoms with Gasteiger partial charge in [-0.2, -0.15) is 0 Å². The van der Waals surface area contributed by atoms with Crippen molar-refractivity contribution in [3.63, 3.8) is 0 Å². The average Bonchev–Trinajstić information content (AvgIpc) is 3.08. The first kappa shape index (κ1) is 50.7. The zero-order chi connectivity index (χ0) is 37.7. The van der Waals surface area contributed by atoms with Crippen LogP contribution in [0.15, 0.2) is 12.2 Å². The van der Waals surface area contributed by atoms with E-state index in [-0.39, 0.29) is 19.8 Å². The number of aliphatic hydroxyl groups is 1. The third kappa shape index (κ3) is 40.7. The van der Waals surface area contributed by atoms with Crippen molar-refractivity contribution in [1.82, 2.24) is 0 Å². The number of phosphoric ester groups is 1. The molecule has 306 valence electrons. The summed E-state index contributed by atoms with van der Waals surface area (Å²) in [7, 11) is 1.77. The van der Waals surface area contributed by atoms with Crippen LogP contribution in [0.5, 0.6) is 0 Å². The van der Waals surface area contributed by atoms with Crippen molar-refractivity contribution in [3.8, 4) is 0 Å². The predicted molar refractivity (Wildman–Crippen MR) is 216 cm³/mol. The van der Waals surface area contributed by atoms with Crippen molar-refractivity contribution in [2.24, 2.45) is 0 Å². The van der Waals surface area contributed by atoms with Gasteiger partial charge in [-0.05, 0) is 44.9 Å². The Hall–Kier alpha value is -0.310. The Morgan fingerprint density at radius 1 is 0.549 bits per heavy atom. The number of hydrogen-bond donors (Lipinski definition) is 2. The Labute approximate surface area is 317 Å². The smallest absolute Gasteiger partial charge is 0.373 e. The lowest BCUT2D eigenvalue weighted by Crippen LogP contribution is -2.37. The Balaban J connectivity index is 4.23. The molecule has 0 aliphatic heterocycles. The molecule has 0 aromatic carbocycles. The molecule has 2 unspecified atom stereocenters. The van der Waals surface area contributed by atoms with Gasteiger partial charge in [0.2, 0.25) is 0 Å². The molecule has 0 aromatic heterocycles. The molecule has 0 rings (SSSR count). The zero-order valence-electron chi connectivity index (χ0n) is 34.5. The molecule has 0 aliphatic carbocycles. The molecule has 0 spiro atoms. The maximum Gasteiger partial charge on any atom is 0.472 e. The topological polar surface area (TPSA) is 94.5 Å². The van der Waals surface area contributed by atoms with Gasteiger partial charge in [0.15, 0.2) is 6.29 Å². The van der Waals surface area contributed by atoms with E-state index in [1.165, 1.54) is 148 Å². The molecule has 0 saturated carbocycles. The summed E-state index contributed by atoms with van der Waals surface area (Å²) in [6.07, 6.45) is 38.0. The molecule has 8 nitrogen and oxygen atoms in total. The average molecular weight is 749 g/mol. The first-order valence-electron chi connectivity index (χ1n) is 21.6. The molecule has 2 N–H and O–H groups in total. The van der Waals surface area contributed by atoms with E-state index in [4.69, 9.17) is 18.5 Å². The van der Waals surface area contributed by atoms with Crippen molar-refractivity contribution < 1.29 is 37.6 Å². The fraction of sp³-hybridized carbons (Fsp3) is 0.952. The number of allylic oxidation sites excluding steroid dienone is 2. The summed E-state index contributed by atoms with van der Waals surface area (Å²) in [6, 6.07) is 0. The standard InChI is InChI=1S/C42H86NO7P/c1-6-8-10-12-14-16-18-20-21-22-24-26-28-30-32-34-37-47-41(40-50-51(45,46)49-38-36-43(3,4)5)39-48-42(44)35-33-31-29-27-25-23-19-17-15-13-11-9-7-2/h20-21,41-42,44H,6-19,22-40H2,1-5H3/p+1/t41-,42?/m1/s1. The molecule has 0 aromatic rings. The van der Waals surface area contributed by atoms with Gasteiger partial charge in [0.05, 0.1) is 34.4 Å². The third-order valence-corrected chi connectivity index (χ3v) is 10.5. The molecule has 0 bridgehead atoms. The van der Waals surface area contributed by atoms with Crippen molar-refractivity contribution >= 4 is 7.82 Å². The maximum absolute atomic E-state index is 12.5. The summed E-state index contributed by atoms with van der Waals surface area (Å²) in [5.41, 5.74) is 0. The van der Waals surface area contributed by atoms with Gasteiger partial charge in [0.1, 0.15) is 19.3 Å². The van der Waals surface area contributed by atoms with Crippen molar-refractivity contribution in [1.29, 1.82) is 0 Å². The molecule has 0 radical (unpaired) electrons. The minimum absolute atomic E-state index is 0.102.